The van der Waals surface area contributed by atoms with Gasteiger partial charge >= 0.3 is 0 Å². The van der Waals surface area contributed by atoms with Crippen LogP contribution in [-0.2, 0) is 0 Å². The monoisotopic (exact) mass is 343 g/mol. The van der Waals surface area contributed by atoms with Crippen LogP contribution >= 0.6 is 15.9 Å². The second-order valence-corrected chi connectivity index (χ2v) is 6.48. The molecule has 1 atom stereocenters. The summed E-state index contributed by atoms with van der Waals surface area (Å²) in [7, 11) is 0. The number of ketones is 1. The Morgan fingerprint density at radius 1 is 1.10 bits per heavy atom. The highest BCUT2D eigenvalue weighted by Crippen LogP contribution is 2.26. The Kier molecular flexibility index (Phi) is 4.51. The van der Waals surface area contributed by atoms with Gasteiger partial charge in [0.25, 0.3) is 0 Å². The van der Waals surface area contributed by atoms with Gasteiger partial charge in [0.15, 0.2) is 5.78 Å². The first kappa shape index (κ1) is 14.5. The van der Waals surface area contributed by atoms with E-state index in [9.17, 15) is 4.79 Å². The van der Waals surface area contributed by atoms with Crippen LogP contribution in [0.4, 0.5) is 0 Å². The Bertz CT molecular complexity index is 609. The van der Waals surface area contributed by atoms with Crippen molar-refractivity contribution in [2.75, 3.05) is 19.6 Å². The van der Waals surface area contributed by atoms with Gasteiger partial charge in [-0.05, 0) is 36.6 Å². The number of likely N-dealkylation sites (tertiary alicyclic amines) is 1. The predicted molar refractivity (Wildman–Crippen MR) is 88.7 cm³/mol. The van der Waals surface area contributed by atoms with E-state index in [0.717, 1.165) is 29.5 Å². The fraction of sp³-hybridized carbons (Fsp3) is 0.278. The minimum atomic E-state index is 0.205. The van der Waals surface area contributed by atoms with Crippen LogP contribution in [0.5, 0.6) is 0 Å². The van der Waals surface area contributed by atoms with Gasteiger partial charge in [-0.25, -0.2) is 0 Å². The Hall–Kier alpha value is -1.45. The highest BCUT2D eigenvalue weighted by molar-refractivity contribution is 9.10. The van der Waals surface area contributed by atoms with Gasteiger partial charge in [0.05, 0.1) is 6.54 Å². The van der Waals surface area contributed by atoms with Gasteiger partial charge in [-0.15, -0.1) is 0 Å². The first-order valence-corrected chi connectivity index (χ1v) is 8.08. The molecule has 1 fully saturated rings. The first-order valence-electron chi connectivity index (χ1n) is 7.28. The lowest BCUT2D eigenvalue weighted by Gasteiger charge is -2.15. The third kappa shape index (κ3) is 3.60. The van der Waals surface area contributed by atoms with Crippen LogP contribution in [0, 0.1) is 0 Å². The Morgan fingerprint density at radius 3 is 2.52 bits per heavy atom. The van der Waals surface area contributed by atoms with Crippen LogP contribution in [0.2, 0.25) is 0 Å². The van der Waals surface area contributed by atoms with E-state index >= 15 is 0 Å². The summed E-state index contributed by atoms with van der Waals surface area (Å²) in [6.07, 6.45) is 1.14. The van der Waals surface area contributed by atoms with Crippen molar-refractivity contribution in [2.45, 2.75) is 12.3 Å². The predicted octanol–water partition coefficient (Wildman–Crippen LogP) is 4.12. The molecule has 0 N–H and O–H groups in total. The molecule has 0 radical (unpaired) electrons. The number of carbonyl (C=O) groups is 1. The minimum Gasteiger partial charge on any atom is -0.295 e. The van der Waals surface area contributed by atoms with Crippen molar-refractivity contribution in [2.24, 2.45) is 0 Å². The molecule has 0 aromatic heterocycles. The van der Waals surface area contributed by atoms with Crippen molar-refractivity contribution in [3.8, 4) is 0 Å². The number of benzene rings is 2. The largest absolute Gasteiger partial charge is 0.295 e. The molecule has 0 amide bonds. The summed E-state index contributed by atoms with van der Waals surface area (Å²) in [6, 6.07) is 18.2. The number of rotatable bonds is 4. The van der Waals surface area contributed by atoms with Gasteiger partial charge in [0, 0.05) is 16.6 Å². The van der Waals surface area contributed by atoms with Crippen LogP contribution in [0.1, 0.15) is 28.3 Å². The van der Waals surface area contributed by atoms with E-state index in [1.165, 1.54) is 5.56 Å². The highest BCUT2D eigenvalue weighted by Gasteiger charge is 2.25. The van der Waals surface area contributed by atoms with E-state index in [-0.39, 0.29) is 5.78 Å². The molecule has 1 aliphatic heterocycles. The van der Waals surface area contributed by atoms with Crippen molar-refractivity contribution in [3.05, 3.63) is 70.2 Å². The maximum atomic E-state index is 12.3. The molecule has 2 nitrogen and oxygen atoms in total. The normalized spacial score (nSPS) is 18.8. The number of Topliss-reactive ketones (excluding diaryl/α,β-unsaturated/α-hetero) is 1. The molecule has 0 spiro atoms. The molecule has 3 rings (SSSR count). The van der Waals surface area contributed by atoms with E-state index in [0.29, 0.717) is 12.5 Å². The molecule has 3 heteroatoms. The summed E-state index contributed by atoms with van der Waals surface area (Å²) in [4.78, 5) is 14.6. The second-order valence-electron chi connectivity index (χ2n) is 5.56. The van der Waals surface area contributed by atoms with Crippen molar-refractivity contribution in [1.29, 1.82) is 0 Å². The molecule has 21 heavy (non-hydrogen) atoms. The van der Waals surface area contributed by atoms with E-state index in [1.54, 1.807) is 0 Å². The van der Waals surface area contributed by atoms with E-state index in [1.807, 2.05) is 30.3 Å². The SMILES string of the molecule is O=C(CN1CCC(c2ccccc2)C1)c1ccc(Br)cc1. The number of hydrogen-bond acceptors (Lipinski definition) is 2. The van der Waals surface area contributed by atoms with Gasteiger partial charge < -0.3 is 0 Å². The summed E-state index contributed by atoms with van der Waals surface area (Å²) in [5.41, 5.74) is 2.18. The number of hydrogen-bond donors (Lipinski definition) is 0. The molecule has 1 unspecified atom stereocenters. The highest BCUT2D eigenvalue weighted by atomic mass is 79.9. The molecule has 0 aliphatic carbocycles. The van der Waals surface area contributed by atoms with E-state index in [2.05, 4.69) is 45.1 Å². The quantitative estimate of drug-likeness (QED) is 0.778. The fourth-order valence-corrected chi connectivity index (χ4v) is 3.17. The zero-order valence-corrected chi connectivity index (χ0v) is 13.4. The van der Waals surface area contributed by atoms with E-state index in [4.69, 9.17) is 0 Å². The fourth-order valence-electron chi connectivity index (χ4n) is 2.90. The number of nitrogens with zero attached hydrogens (tertiary/aromatic N) is 1. The average Bonchev–Trinajstić information content (AvgIpc) is 2.97. The molecule has 0 bridgehead atoms. The van der Waals surface area contributed by atoms with Crippen LogP contribution < -0.4 is 0 Å². The van der Waals surface area contributed by atoms with Gasteiger partial charge in [-0.1, -0.05) is 58.4 Å². The second kappa shape index (κ2) is 6.54. The molecular weight excluding hydrogens is 326 g/mol. The summed E-state index contributed by atoms with van der Waals surface area (Å²) in [6.45, 7) is 2.50. The van der Waals surface area contributed by atoms with Crippen LogP contribution in [0.25, 0.3) is 0 Å². The lowest BCUT2D eigenvalue weighted by molar-refractivity contribution is 0.0944. The molecule has 2 aromatic rings. The molecule has 0 saturated carbocycles. The third-order valence-corrected chi connectivity index (χ3v) is 4.61. The Balaban J connectivity index is 1.60. The first-order chi connectivity index (χ1) is 10.2. The standard InChI is InChI=1S/C18H18BrNO/c19-17-8-6-15(7-9-17)18(21)13-20-11-10-16(12-20)14-4-2-1-3-5-14/h1-9,16H,10-13H2. The summed E-state index contributed by atoms with van der Waals surface area (Å²) >= 11 is 3.39. The van der Waals surface area contributed by atoms with Crippen molar-refractivity contribution >= 4 is 21.7 Å². The molecule has 1 heterocycles. The van der Waals surface area contributed by atoms with E-state index < -0.39 is 0 Å². The summed E-state index contributed by atoms with van der Waals surface area (Å²) in [5, 5.41) is 0. The zero-order chi connectivity index (χ0) is 14.7. The van der Waals surface area contributed by atoms with Gasteiger partial charge in [0.1, 0.15) is 0 Å². The smallest absolute Gasteiger partial charge is 0.176 e. The lowest BCUT2D eigenvalue weighted by atomic mass is 9.99. The molecule has 108 valence electrons. The maximum absolute atomic E-state index is 12.3. The van der Waals surface area contributed by atoms with Crippen molar-refractivity contribution in [3.63, 3.8) is 0 Å². The summed E-state index contributed by atoms with van der Waals surface area (Å²) < 4.78 is 1.00. The maximum Gasteiger partial charge on any atom is 0.176 e. The molecule has 1 saturated heterocycles. The van der Waals surface area contributed by atoms with Crippen LogP contribution in [-0.4, -0.2) is 30.3 Å². The van der Waals surface area contributed by atoms with Gasteiger partial charge in [-0.2, -0.15) is 0 Å². The lowest BCUT2D eigenvalue weighted by Crippen LogP contribution is -2.27. The Labute approximate surface area is 133 Å². The summed E-state index contributed by atoms with van der Waals surface area (Å²) in [5.74, 6) is 0.764. The van der Waals surface area contributed by atoms with Gasteiger partial charge in [0.2, 0.25) is 0 Å². The average molecular weight is 344 g/mol. The Morgan fingerprint density at radius 2 is 1.81 bits per heavy atom. The topological polar surface area (TPSA) is 20.3 Å². The van der Waals surface area contributed by atoms with Crippen molar-refractivity contribution in [1.82, 2.24) is 4.90 Å². The molecular formula is C18H18BrNO. The molecule has 1 aliphatic rings. The van der Waals surface area contributed by atoms with Crippen molar-refractivity contribution < 1.29 is 4.79 Å². The molecule has 2 aromatic carbocycles. The van der Waals surface area contributed by atoms with Crippen LogP contribution in [0.3, 0.4) is 0 Å². The third-order valence-electron chi connectivity index (χ3n) is 4.08. The van der Waals surface area contributed by atoms with Crippen LogP contribution in [0.15, 0.2) is 59.1 Å². The minimum absolute atomic E-state index is 0.205. The zero-order valence-electron chi connectivity index (χ0n) is 11.8. The number of halogens is 1. The van der Waals surface area contributed by atoms with Gasteiger partial charge in [-0.3, -0.25) is 9.69 Å². The number of carbonyl (C=O) groups excluding carboxylic acids is 1.